The molecule has 0 saturated carbocycles. The number of aryl methyl sites for hydroxylation is 1. The average molecular weight is 205 g/mol. The molecule has 1 aromatic carbocycles. The van der Waals surface area contributed by atoms with Crippen molar-refractivity contribution >= 4 is 11.7 Å². The van der Waals surface area contributed by atoms with Crippen LogP contribution in [0.2, 0.25) is 0 Å². The lowest BCUT2D eigenvalue weighted by molar-refractivity contribution is -0.136. The molecular weight excluding hydrogens is 190 g/mol. The highest BCUT2D eigenvalue weighted by Crippen LogP contribution is 2.27. The summed E-state index contributed by atoms with van der Waals surface area (Å²) in [7, 11) is 2.06. The van der Waals surface area contributed by atoms with Gasteiger partial charge in [-0.15, -0.1) is 0 Å². The third-order valence-corrected chi connectivity index (χ3v) is 2.86. The first kappa shape index (κ1) is 10.0. The van der Waals surface area contributed by atoms with Crippen LogP contribution < -0.4 is 4.90 Å². The van der Waals surface area contributed by atoms with E-state index in [0.717, 1.165) is 18.5 Å². The monoisotopic (exact) mass is 205 g/mol. The highest BCUT2D eigenvalue weighted by Gasteiger charge is 2.14. The van der Waals surface area contributed by atoms with Gasteiger partial charge in [0.2, 0.25) is 0 Å². The van der Waals surface area contributed by atoms with Gasteiger partial charge >= 0.3 is 5.97 Å². The van der Waals surface area contributed by atoms with E-state index in [4.69, 9.17) is 5.11 Å². The van der Waals surface area contributed by atoms with Gasteiger partial charge in [0.1, 0.15) is 0 Å². The summed E-state index contributed by atoms with van der Waals surface area (Å²) < 4.78 is 0. The molecule has 1 aliphatic rings. The van der Waals surface area contributed by atoms with E-state index in [1.165, 1.54) is 17.7 Å². The van der Waals surface area contributed by atoms with Gasteiger partial charge in [0.25, 0.3) is 0 Å². The molecule has 0 spiro atoms. The van der Waals surface area contributed by atoms with Crippen molar-refractivity contribution in [2.45, 2.75) is 19.3 Å². The van der Waals surface area contributed by atoms with Crippen LogP contribution in [0.1, 0.15) is 17.5 Å². The zero-order chi connectivity index (χ0) is 10.8. The van der Waals surface area contributed by atoms with E-state index in [0.29, 0.717) is 0 Å². The first-order valence-electron chi connectivity index (χ1n) is 5.21. The summed E-state index contributed by atoms with van der Waals surface area (Å²) in [5, 5.41) is 8.72. The fourth-order valence-corrected chi connectivity index (χ4v) is 2.09. The molecule has 0 bridgehead atoms. The van der Waals surface area contributed by atoms with Crippen molar-refractivity contribution < 1.29 is 9.90 Å². The zero-order valence-corrected chi connectivity index (χ0v) is 8.86. The molecule has 1 N–H and O–H groups in total. The van der Waals surface area contributed by atoms with E-state index in [1.807, 2.05) is 12.1 Å². The van der Waals surface area contributed by atoms with Crippen molar-refractivity contribution in [3.05, 3.63) is 29.3 Å². The number of carboxylic acid groups (broad SMARTS) is 1. The van der Waals surface area contributed by atoms with Crippen LogP contribution in [0.25, 0.3) is 0 Å². The predicted octanol–water partition coefficient (Wildman–Crippen LogP) is 1.70. The van der Waals surface area contributed by atoms with Crippen molar-refractivity contribution in [1.82, 2.24) is 0 Å². The Morgan fingerprint density at radius 2 is 2.33 bits per heavy atom. The third-order valence-electron chi connectivity index (χ3n) is 2.86. The number of carboxylic acids is 1. The van der Waals surface area contributed by atoms with Gasteiger partial charge in [-0.2, -0.15) is 0 Å². The molecule has 15 heavy (non-hydrogen) atoms. The molecule has 0 atom stereocenters. The molecular formula is C12H15NO2. The summed E-state index contributed by atoms with van der Waals surface area (Å²) in [5.41, 5.74) is 3.41. The second-order valence-electron chi connectivity index (χ2n) is 4.06. The van der Waals surface area contributed by atoms with Gasteiger partial charge in [-0.3, -0.25) is 4.79 Å². The molecule has 1 aromatic rings. The number of carbonyl (C=O) groups is 1. The number of aliphatic carboxylic acids is 1. The van der Waals surface area contributed by atoms with Crippen LogP contribution in [0.5, 0.6) is 0 Å². The van der Waals surface area contributed by atoms with E-state index in [1.54, 1.807) is 0 Å². The lowest BCUT2D eigenvalue weighted by atomic mass is 9.99. The fourth-order valence-electron chi connectivity index (χ4n) is 2.09. The minimum absolute atomic E-state index is 0.112. The maximum atomic E-state index is 10.6. The summed E-state index contributed by atoms with van der Waals surface area (Å²) in [6.07, 6.45) is 2.40. The van der Waals surface area contributed by atoms with Crippen LogP contribution in [0.15, 0.2) is 18.2 Å². The highest BCUT2D eigenvalue weighted by atomic mass is 16.4. The predicted molar refractivity (Wildman–Crippen MR) is 59.4 cm³/mol. The summed E-state index contributed by atoms with van der Waals surface area (Å²) in [5.74, 6) is -0.770. The van der Waals surface area contributed by atoms with E-state index in [-0.39, 0.29) is 6.42 Å². The van der Waals surface area contributed by atoms with E-state index >= 15 is 0 Å². The molecule has 0 unspecified atom stereocenters. The van der Waals surface area contributed by atoms with Crippen molar-refractivity contribution in [2.24, 2.45) is 0 Å². The van der Waals surface area contributed by atoms with Gasteiger partial charge in [0.15, 0.2) is 0 Å². The fraction of sp³-hybridized carbons (Fsp3) is 0.417. The van der Waals surface area contributed by atoms with E-state index in [2.05, 4.69) is 18.0 Å². The molecule has 3 nitrogen and oxygen atoms in total. The molecule has 0 amide bonds. The molecule has 80 valence electrons. The van der Waals surface area contributed by atoms with Crippen LogP contribution in [0, 0.1) is 0 Å². The van der Waals surface area contributed by atoms with Crippen LogP contribution >= 0.6 is 0 Å². The van der Waals surface area contributed by atoms with Crippen molar-refractivity contribution in [3.63, 3.8) is 0 Å². The summed E-state index contributed by atoms with van der Waals surface area (Å²) >= 11 is 0. The number of rotatable bonds is 2. The summed E-state index contributed by atoms with van der Waals surface area (Å²) in [4.78, 5) is 12.8. The van der Waals surface area contributed by atoms with Gasteiger partial charge < -0.3 is 10.0 Å². The van der Waals surface area contributed by atoms with Crippen LogP contribution in [0.3, 0.4) is 0 Å². The van der Waals surface area contributed by atoms with Crippen molar-refractivity contribution in [3.8, 4) is 0 Å². The molecule has 0 aromatic heterocycles. The number of hydrogen-bond donors (Lipinski definition) is 1. The topological polar surface area (TPSA) is 40.5 Å². The maximum absolute atomic E-state index is 10.6. The standard InChI is InChI=1S/C12H15NO2/c1-13-6-2-3-10-5-4-9(7-11(10)13)8-12(14)15/h4-5,7H,2-3,6,8H2,1H3,(H,14,15). The molecule has 1 aliphatic heterocycles. The molecule has 1 heterocycles. The van der Waals surface area contributed by atoms with Crippen molar-refractivity contribution in [1.29, 1.82) is 0 Å². The van der Waals surface area contributed by atoms with Gasteiger partial charge in [-0.05, 0) is 30.0 Å². The molecule has 0 fully saturated rings. The number of fused-ring (bicyclic) bond motifs is 1. The Bertz CT molecular complexity index is 387. The smallest absolute Gasteiger partial charge is 0.307 e. The zero-order valence-electron chi connectivity index (χ0n) is 8.86. The highest BCUT2D eigenvalue weighted by molar-refractivity contribution is 5.71. The van der Waals surface area contributed by atoms with Gasteiger partial charge in [0.05, 0.1) is 6.42 Å². The van der Waals surface area contributed by atoms with Gasteiger partial charge in [-0.1, -0.05) is 12.1 Å². The average Bonchev–Trinajstić information content (AvgIpc) is 2.18. The van der Waals surface area contributed by atoms with E-state index in [9.17, 15) is 4.79 Å². The molecule has 0 aliphatic carbocycles. The summed E-state index contributed by atoms with van der Waals surface area (Å²) in [6.45, 7) is 1.06. The number of nitrogens with zero attached hydrogens (tertiary/aromatic N) is 1. The largest absolute Gasteiger partial charge is 0.481 e. The normalized spacial score (nSPS) is 14.9. The van der Waals surface area contributed by atoms with Gasteiger partial charge in [-0.25, -0.2) is 0 Å². The van der Waals surface area contributed by atoms with Crippen LogP contribution in [0.4, 0.5) is 5.69 Å². The first-order chi connectivity index (χ1) is 7.16. The SMILES string of the molecule is CN1CCCc2ccc(CC(=O)O)cc21. The minimum atomic E-state index is -0.770. The third kappa shape index (κ3) is 2.12. The number of benzene rings is 1. The molecule has 0 saturated heterocycles. The van der Waals surface area contributed by atoms with Crippen molar-refractivity contribution in [2.75, 3.05) is 18.5 Å². The van der Waals surface area contributed by atoms with E-state index < -0.39 is 5.97 Å². The molecule has 3 heteroatoms. The van der Waals surface area contributed by atoms with Crippen LogP contribution in [-0.2, 0) is 17.6 Å². The number of hydrogen-bond acceptors (Lipinski definition) is 2. The second-order valence-corrected chi connectivity index (χ2v) is 4.06. The Morgan fingerprint density at radius 1 is 1.53 bits per heavy atom. The minimum Gasteiger partial charge on any atom is -0.481 e. The Hall–Kier alpha value is -1.51. The van der Waals surface area contributed by atoms with Crippen LogP contribution in [-0.4, -0.2) is 24.7 Å². The maximum Gasteiger partial charge on any atom is 0.307 e. The van der Waals surface area contributed by atoms with Gasteiger partial charge in [0, 0.05) is 19.3 Å². The molecule has 2 rings (SSSR count). The Kier molecular flexibility index (Phi) is 2.62. The Morgan fingerprint density at radius 3 is 3.07 bits per heavy atom. The number of anilines is 1. The Labute approximate surface area is 89.3 Å². The Balaban J connectivity index is 2.31. The quantitative estimate of drug-likeness (QED) is 0.798. The second kappa shape index (κ2) is 3.93. The molecule has 0 radical (unpaired) electrons. The first-order valence-corrected chi connectivity index (χ1v) is 5.21. The lowest BCUT2D eigenvalue weighted by Crippen LogP contribution is -2.24. The summed E-state index contributed by atoms with van der Waals surface area (Å²) in [6, 6.07) is 5.98. The lowest BCUT2D eigenvalue weighted by Gasteiger charge is -2.27.